The fraction of sp³-hybridized carbons (Fsp3) is 0.552. The van der Waals surface area contributed by atoms with Crippen LogP contribution in [0.15, 0.2) is 29.0 Å². The average Bonchev–Trinajstić information content (AvgIpc) is 2.88. The molecule has 0 aromatic heterocycles. The number of carbonyl (C=O) groups is 3. The Morgan fingerprint density at radius 3 is 2.35 bits per heavy atom. The van der Waals surface area contributed by atoms with Crippen LogP contribution in [0.2, 0.25) is 0 Å². The van der Waals surface area contributed by atoms with Crippen molar-refractivity contribution in [2.24, 2.45) is 17.6 Å². The van der Waals surface area contributed by atoms with E-state index in [1.165, 1.54) is 19.0 Å². The number of nitrogens with zero attached hydrogens (tertiary/aromatic N) is 1. The number of aliphatic hydroxyl groups excluding tert-OH is 3. The third-order valence-corrected chi connectivity index (χ3v) is 8.73. The molecule has 1 aromatic rings. The summed E-state index contributed by atoms with van der Waals surface area (Å²) in [6, 6.07) is 1.99. The molecule has 11 nitrogen and oxygen atoms in total. The maximum atomic E-state index is 14.0. The fourth-order valence-corrected chi connectivity index (χ4v) is 6.71. The quantitative estimate of drug-likeness (QED) is 0.134. The van der Waals surface area contributed by atoms with Crippen LogP contribution in [0.3, 0.4) is 0 Å². The second-order valence-electron chi connectivity index (χ2n) is 11.3. The van der Waals surface area contributed by atoms with E-state index >= 15 is 0 Å². The molecule has 6 atom stereocenters. The van der Waals surface area contributed by atoms with Crippen molar-refractivity contribution < 1.29 is 39.9 Å². The van der Waals surface area contributed by atoms with E-state index in [1.807, 2.05) is 0 Å². The molecule has 218 valence electrons. The molecular weight excluding hydrogens is 518 g/mol. The summed E-state index contributed by atoms with van der Waals surface area (Å²) in [5, 5.41) is 60.1. The molecule has 1 aromatic carbocycles. The molecule has 0 bridgehead atoms. The highest BCUT2D eigenvalue weighted by Crippen LogP contribution is 2.56. The van der Waals surface area contributed by atoms with Gasteiger partial charge in [0.2, 0.25) is 5.78 Å². The minimum Gasteiger partial charge on any atom is -0.508 e. The first-order valence-corrected chi connectivity index (χ1v) is 13.7. The predicted molar refractivity (Wildman–Crippen MR) is 148 cm³/mol. The number of nitrogens with one attached hydrogen (secondary N) is 1. The van der Waals surface area contributed by atoms with E-state index in [-0.39, 0.29) is 11.3 Å². The number of aliphatic hydroxyl groups is 4. The summed E-state index contributed by atoms with van der Waals surface area (Å²) in [5.74, 6) is -8.93. The van der Waals surface area contributed by atoms with Crippen LogP contribution in [0.4, 0.5) is 5.69 Å². The summed E-state index contributed by atoms with van der Waals surface area (Å²) in [6.07, 6.45) is 3.66. The molecule has 11 heteroatoms. The smallest absolute Gasteiger partial charge is 0.255 e. The summed E-state index contributed by atoms with van der Waals surface area (Å²) in [7, 11) is 2.94. The van der Waals surface area contributed by atoms with E-state index in [4.69, 9.17) is 5.73 Å². The largest absolute Gasteiger partial charge is 0.508 e. The van der Waals surface area contributed by atoms with Crippen molar-refractivity contribution in [2.75, 3.05) is 26.0 Å². The Hall–Kier alpha value is -3.41. The number of phenolic OH excluding ortho intramolecular Hbond substituents is 1. The highest BCUT2D eigenvalue weighted by atomic mass is 16.4. The number of rotatable bonds is 9. The zero-order chi connectivity index (χ0) is 29.7. The number of carbonyl (C=O) groups excluding carboxylic acids is 3. The van der Waals surface area contributed by atoms with Crippen LogP contribution in [0.25, 0.3) is 5.76 Å². The summed E-state index contributed by atoms with van der Waals surface area (Å²) in [4.78, 5) is 40.7. The van der Waals surface area contributed by atoms with Gasteiger partial charge in [0.1, 0.15) is 22.8 Å². The van der Waals surface area contributed by atoms with Gasteiger partial charge in [0.25, 0.3) is 5.91 Å². The summed E-state index contributed by atoms with van der Waals surface area (Å²) < 4.78 is 0. The fourth-order valence-electron chi connectivity index (χ4n) is 6.71. The maximum Gasteiger partial charge on any atom is 0.255 e. The van der Waals surface area contributed by atoms with Gasteiger partial charge >= 0.3 is 0 Å². The minimum atomic E-state index is -2.92. The molecule has 4 rings (SSSR count). The summed E-state index contributed by atoms with van der Waals surface area (Å²) >= 11 is 0. The van der Waals surface area contributed by atoms with Crippen LogP contribution in [0.5, 0.6) is 5.75 Å². The van der Waals surface area contributed by atoms with Gasteiger partial charge in [-0.15, -0.1) is 0 Å². The number of primary amides is 1. The number of unbranched alkanes of at least 4 members (excludes halogenated alkanes) is 4. The van der Waals surface area contributed by atoms with Gasteiger partial charge in [-0.05, 0) is 38.1 Å². The predicted octanol–water partition coefficient (Wildman–Crippen LogP) is 1.88. The van der Waals surface area contributed by atoms with Gasteiger partial charge in [-0.25, -0.2) is 0 Å². The van der Waals surface area contributed by atoms with Crippen LogP contribution in [-0.4, -0.2) is 86.3 Å². The first kappa shape index (κ1) is 29.6. The van der Waals surface area contributed by atoms with E-state index in [1.54, 1.807) is 19.1 Å². The number of nitrogens with two attached hydrogens (primary N) is 1. The van der Waals surface area contributed by atoms with Gasteiger partial charge in [0.05, 0.1) is 29.3 Å². The van der Waals surface area contributed by atoms with Gasteiger partial charge in [-0.3, -0.25) is 19.3 Å². The number of phenols is 1. The van der Waals surface area contributed by atoms with Crippen molar-refractivity contribution in [1.29, 1.82) is 0 Å². The van der Waals surface area contributed by atoms with Crippen molar-refractivity contribution in [3.63, 3.8) is 0 Å². The number of aromatic hydroxyl groups is 1. The molecule has 1 amide bonds. The lowest BCUT2D eigenvalue weighted by atomic mass is 9.54. The minimum absolute atomic E-state index is 0.0213. The lowest BCUT2D eigenvalue weighted by Crippen LogP contribution is -2.70. The van der Waals surface area contributed by atoms with Gasteiger partial charge in [0.15, 0.2) is 11.4 Å². The number of ketones is 2. The van der Waals surface area contributed by atoms with Gasteiger partial charge in [0, 0.05) is 18.0 Å². The maximum absolute atomic E-state index is 14.0. The van der Waals surface area contributed by atoms with Crippen molar-refractivity contribution in [1.82, 2.24) is 4.90 Å². The SMILES string of the molecule is CCCCCCCNc1ccc2c(c1O)C(O)=C1C(=O)[C@]3(O)C(O)=C(C(N)=O)C(=O)[C@@H](N(C)C)[C@@H]3[C@@H](O)[C@@H]1[C@H]2C. The molecule has 0 aliphatic heterocycles. The van der Waals surface area contributed by atoms with Crippen molar-refractivity contribution >= 4 is 28.9 Å². The van der Waals surface area contributed by atoms with Crippen LogP contribution >= 0.6 is 0 Å². The first-order chi connectivity index (χ1) is 18.8. The molecule has 0 saturated heterocycles. The Kier molecular flexibility index (Phi) is 8.04. The molecule has 0 unspecified atom stereocenters. The second kappa shape index (κ2) is 10.9. The normalized spacial score (nSPS) is 29.8. The van der Waals surface area contributed by atoms with Crippen molar-refractivity contribution in [2.45, 2.75) is 69.6 Å². The standard InChI is InChI=1S/C29H39N3O8/c1-5-6-7-8-9-12-31-15-11-10-14-13(2)16-18(23(34)17(14)22(15)33)26(37)29(40)20(24(16)35)21(32(3)4)25(36)19(27(29)38)28(30)39/h10-11,13,16,20-21,24,31,33-35,38,40H,5-9,12H2,1-4H3,(H2,30,39)/t13-,16+,20+,21-,24-,29-/m0/s1. The molecule has 0 radical (unpaired) electrons. The molecule has 1 fully saturated rings. The topological polar surface area (TPSA) is 194 Å². The Morgan fingerprint density at radius 2 is 1.75 bits per heavy atom. The third kappa shape index (κ3) is 4.27. The zero-order valence-electron chi connectivity index (χ0n) is 23.3. The summed E-state index contributed by atoms with van der Waals surface area (Å²) in [6.45, 7) is 4.42. The molecule has 8 N–H and O–H groups in total. The lowest BCUT2D eigenvalue weighted by molar-refractivity contribution is -0.169. The van der Waals surface area contributed by atoms with E-state index < -0.39 is 75.6 Å². The number of hydrogen-bond donors (Lipinski definition) is 7. The Bertz CT molecular complexity index is 1300. The number of fused-ring (bicyclic) bond motifs is 3. The zero-order valence-corrected chi connectivity index (χ0v) is 23.3. The van der Waals surface area contributed by atoms with E-state index in [0.717, 1.165) is 32.1 Å². The highest BCUT2D eigenvalue weighted by Gasteiger charge is 2.68. The molecule has 0 spiro atoms. The number of anilines is 1. The molecule has 1 saturated carbocycles. The third-order valence-electron chi connectivity index (χ3n) is 8.73. The molecular formula is C29H39N3O8. The second-order valence-corrected chi connectivity index (χ2v) is 11.3. The summed E-state index contributed by atoms with van der Waals surface area (Å²) in [5.41, 5.74) is 1.88. The Labute approximate surface area is 233 Å². The lowest BCUT2D eigenvalue weighted by Gasteiger charge is -2.53. The van der Waals surface area contributed by atoms with Crippen molar-refractivity contribution in [3.05, 3.63) is 40.2 Å². The van der Waals surface area contributed by atoms with Crippen LogP contribution in [0, 0.1) is 11.8 Å². The number of benzene rings is 1. The van der Waals surface area contributed by atoms with Crippen LogP contribution < -0.4 is 11.1 Å². The van der Waals surface area contributed by atoms with Crippen LogP contribution in [-0.2, 0) is 14.4 Å². The molecule has 0 heterocycles. The van der Waals surface area contributed by atoms with Gasteiger partial charge in [-0.1, -0.05) is 45.6 Å². The van der Waals surface area contributed by atoms with Crippen LogP contribution in [0.1, 0.15) is 63.0 Å². The Morgan fingerprint density at radius 1 is 1.10 bits per heavy atom. The highest BCUT2D eigenvalue weighted by molar-refractivity contribution is 6.24. The monoisotopic (exact) mass is 557 g/mol. The molecule has 3 aliphatic carbocycles. The number of likely N-dealkylation sites (N-methyl/N-ethyl adjacent to an activating group) is 1. The first-order valence-electron chi connectivity index (χ1n) is 13.7. The van der Waals surface area contributed by atoms with E-state index in [9.17, 15) is 39.9 Å². The number of hydrogen-bond acceptors (Lipinski definition) is 10. The number of Topliss-reactive ketones (excluding diaryl/α,β-unsaturated/α-hetero) is 2. The van der Waals surface area contributed by atoms with Gasteiger partial charge in [-0.2, -0.15) is 0 Å². The van der Waals surface area contributed by atoms with Gasteiger partial charge < -0.3 is 36.6 Å². The van der Waals surface area contributed by atoms with E-state index in [0.29, 0.717) is 17.8 Å². The Balaban J connectivity index is 1.83. The average molecular weight is 558 g/mol. The van der Waals surface area contributed by atoms with E-state index in [2.05, 4.69) is 12.2 Å². The molecule has 3 aliphatic rings. The van der Waals surface area contributed by atoms with Crippen molar-refractivity contribution in [3.8, 4) is 5.75 Å². The molecule has 40 heavy (non-hydrogen) atoms. The number of amides is 1.